The number of benzene rings is 1. The predicted octanol–water partition coefficient (Wildman–Crippen LogP) is 2.47. The van der Waals surface area contributed by atoms with Gasteiger partial charge in [0.2, 0.25) is 0 Å². The predicted molar refractivity (Wildman–Crippen MR) is 94.9 cm³/mol. The van der Waals surface area contributed by atoms with Crippen molar-refractivity contribution in [3.63, 3.8) is 0 Å². The largest absolute Gasteiger partial charge is 0.446 e. The Labute approximate surface area is 145 Å². The van der Waals surface area contributed by atoms with Crippen LogP contribution in [0.4, 0.5) is 4.79 Å². The molecule has 1 amide bonds. The summed E-state index contributed by atoms with van der Waals surface area (Å²) in [5.41, 5.74) is 1.34. The number of amides is 1. The van der Waals surface area contributed by atoms with Crippen molar-refractivity contribution in [3.05, 3.63) is 35.9 Å². The smallest absolute Gasteiger partial charge is 0.410 e. The molecular weight excluding hydrogens is 302 g/mol. The van der Waals surface area contributed by atoms with Crippen molar-refractivity contribution in [1.29, 1.82) is 0 Å². The summed E-state index contributed by atoms with van der Waals surface area (Å²) in [6.45, 7) is 8.79. The number of nitrogens with zero attached hydrogens (tertiary/aromatic N) is 2. The summed E-state index contributed by atoms with van der Waals surface area (Å²) in [4.78, 5) is 16.9. The molecule has 1 aromatic rings. The van der Waals surface area contributed by atoms with Gasteiger partial charge in [-0.05, 0) is 32.3 Å². The van der Waals surface area contributed by atoms with Crippen LogP contribution in [0.15, 0.2) is 30.3 Å². The molecule has 0 unspecified atom stereocenters. The third-order valence-electron chi connectivity index (χ3n) is 5.09. The minimum atomic E-state index is -0.141. The van der Waals surface area contributed by atoms with E-state index in [4.69, 9.17) is 4.74 Å². The molecule has 1 N–H and O–H groups in total. The highest BCUT2D eigenvalue weighted by atomic mass is 16.6. The summed E-state index contributed by atoms with van der Waals surface area (Å²) in [5.74, 6) is 0. The lowest BCUT2D eigenvalue weighted by Crippen LogP contribution is -2.58. The van der Waals surface area contributed by atoms with E-state index in [9.17, 15) is 4.79 Å². The monoisotopic (exact) mass is 331 g/mol. The van der Waals surface area contributed by atoms with Crippen LogP contribution in [-0.4, -0.2) is 60.3 Å². The molecule has 2 aliphatic rings. The van der Waals surface area contributed by atoms with E-state index in [0.717, 1.165) is 45.6 Å². The Morgan fingerprint density at radius 2 is 1.75 bits per heavy atom. The number of likely N-dealkylation sites (tertiary alicyclic amines) is 1. The fraction of sp³-hybridized carbons (Fsp3) is 0.632. The minimum Gasteiger partial charge on any atom is -0.446 e. The third-order valence-corrected chi connectivity index (χ3v) is 5.09. The second-order valence-corrected chi connectivity index (χ2v) is 7.11. The van der Waals surface area contributed by atoms with Gasteiger partial charge in [0.1, 0.15) is 6.10 Å². The molecule has 2 aliphatic heterocycles. The number of piperazine rings is 1. The Kier molecular flexibility index (Phi) is 5.74. The summed E-state index contributed by atoms with van der Waals surface area (Å²) in [6.07, 6.45) is 1.76. The van der Waals surface area contributed by atoms with Gasteiger partial charge in [0, 0.05) is 44.8 Å². The minimum absolute atomic E-state index is 0.0545. The average Bonchev–Trinajstić information content (AvgIpc) is 2.57. The van der Waals surface area contributed by atoms with E-state index < -0.39 is 0 Å². The van der Waals surface area contributed by atoms with Crippen molar-refractivity contribution in [3.8, 4) is 0 Å². The van der Waals surface area contributed by atoms with Crippen molar-refractivity contribution in [1.82, 2.24) is 15.1 Å². The summed E-state index contributed by atoms with van der Waals surface area (Å²) >= 11 is 0. The number of rotatable bonds is 3. The lowest BCUT2D eigenvalue weighted by Gasteiger charge is -2.40. The molecular formula is C19H29N3O2. The van der Waals surface area contributed by atoms with Crippen LogP contribution in [0, 0.1) is 0 Å². The third kappa shape index (κ3) is 4.28. The van der Waals surface area contributed by atoms with Crippen LogP contribution in [0.25, 0.3) is 0 Å². The summed E-state index contributed by atoms with van der Waals surface area (Å²) in [6, 6.07) is 10.9. The SMILES string of the molecule is C[C@@H]1CNC[C@@H](C)N1C(=O)OC1CCN(Cc2ccccc2)CC1. The van der Waals surface area contributed by atoms with E-state index in [1.165, 1.54) is 5.56 Å². The molecule has 5 nitrogen and oxygen atoms in total. The number of piperidine rings is 1. The first-order valence-electron chi connectivity index (χ1n) is 9.09. The number of hydrogen-bond donors (Lipinski definition) is 1. The lowest BCUT2D eigenvalue weighted by molar-refractivity contribution is 0.00766. The molecule has 0 bridgehead atoms. The van der Waals surface area contributed by atoms with Crippen molar-refractivity contribution < 1.29 is 9.53 Å². The number of carbonyl (C=O) groups is 1. The number of hydrogen-bond acceptors (Lipinski definition) is 4. The molecule has 0 saturated carbocycles. The molecule has 0 radical (unpaired) electrons. The van der Waals surface area contributed by atoms with Crippen LogP contribution in [0.5, 0.6) is 0 Å². The molecule has 2 fully saturated rings. The Bertz CT molecular complexity index is 519. The molecule has 0 spiro atoms. The first kappa shape index (κ1) is 17.2. The number of ether oxygens (including phenoxy) is 1. The maximum Gasteiger partial charge on any atom is 0.410 e. The van der Waals surface area contributed by atoms with Crippen LogP contribution in [-0.2, 0) is 11.3 Å². The molecule has 2 saturated heterocycles. The zero-order valence-electron chi connectivity index (χ0n) is 14.8. The summed E-state index contributed by atoms with van der Waals surface area (Å²) < 4.78 is 5.80. The van der Waals surface area contributed by atoms with Crippen LogP contribution in [0.3, 0.4) is 0 Å². The normalized spacial score (nSPS) is 26.3. The standard InChI is InChI=1S/C19H29N3O2/c1-15-12-20-13-16(2)22(15)19(23)24-18-8-10-21(11-9-18)14-17-6-4-3-5-7-17/h3-7,15-16,18,20H,8-14H2,1-2H3/t15-,16-/m1/s1. The van der Waals surface area contributed by atoms with E-state index in [2.05, 4.69) is 48.3 Å². The summed E-state index contributed by atoms with van der Waals surface area (Å²) in [5, 5.41) is 3.35. The fourth-order valence-corrected chi connectivity index (χ4v) is 3.72. The van der Waals surface area contributed by atoms with Crippen LogP contribution < -0.4 is 5.32 Å². The average molecular weight is 331 g/mol. The van der Waals surface area contributed by atoms with Gasteiger partial charge >= 0.3 is 6.09 Å². The Morgan fingerprint density at radius 3 is 2.38 bits per heavy atom. The molecule has 2 atom stereocenters. The van der Waals surface area contributed by atoms with Crippen LogP contribution in [0.2, 0.25) is 0 Å². The zero-order valence-corrected chi connectivity index (χ0v) is 14.8. The van der Waals surface area contributed by atoms with Crippen LogP contribution >= 0.6 is 0 Å². The van der Waals surface area contributed by atoms with Gasteiger partial charge in [-0.3, -0.25) is 4.90 Å². The van der Waals surface area contributed by atoms with Crippen molar-refractivity contribution in [2.75, 3.05) is 26.2 Å². The molecule has 0 aliphatic carbocycles. The van der Waals surface area contributed by atoms with E-state index in [1.54, 1.807) is 0 Å². The molecule has 5 heteroatoms. The highest BCUT2D eigenvalue weighted by Gasteiger charge is 2.32. The molecule has 2 heterocycles. The Hall–Kier alpha value is -1.59. The second kappa shape index (κ2) is 7.99. The molecule has 3 rings (SSSR count). The Morgan fingerprint density at radius 1 is 1.12 bits per heavy atom. The van der Waals surface area contributed by atoms with Crippen molar-refractivity contribution in [2.24, 2.45) is 0 Å². The fourth-order valence-electron chi connectivity index (χ4n) is 3.72. The highest BCUT2D eigenvalue weighted by molar-refractivity contribution is 5.69. The number of nitrogens with one attached hydrogen (secondary N) is 1. The van der Waals surface area contributed by atoms with Gasteiger partial charge < -0.3 is 15.0 Å². The maximum absolute atomic E-state index is 12.5. The molecule has 24 heavy (non-hydrogen) atoms. The van der Waals surface area contributed by atoms with Gasteiger partial charge in [-0.15, -0.1) is 0 Å². The van der Waals surface area contributed by atoms with E-state index >= 15 is 0 Å². The first-order chi connectivity index (χ1) is 11.6. The quantitative estimate of drug-likeness (QED) is 0.924. The van der Waals surface area contributed by atoms with E-state index in [1.807, 2.05) is 11.0 Å². The summed E-state index contributed by atoms with van der Waals surface area (Å²) in [7, 11) is 0. The molecule has 132 valence electrons. The van der Waals surface area contributed by atoms with Gasteiger partial charge in [-0.25, -0.2) is 4.79 Å². The van der Waals surface area contributed by atoms with Crippen molar-refractivity contribution in [2.45, 2.75) is 51.4 Å². The van der Waals surface area contributed by atoms with Gasteiger partial charge in [0.05, 0.1) is 0 Å². The highest BCUT2D eigenvalue weighted by Crippen LogP contribution is 2.19. The zero-order chi connectivity index (χ0) is 16.9. The maximum atomic E-state index is 12.5. The van der Waals surface area contributed by atoms with Gasteiger partial charge in [-0.2, -0.15) is 0 Å². The van der Waals surface area contributed by atoms with Crippen molar-refractivity contribution >= 4 is 6.09 Å². The Balaban J connectivity index is 1.46. The van der Waals surface area contributed by atoms with Gasteiger partial charge in [0.25, 0.3) is 0 Å². The molecule has 1 aromatic carbocycles. The van der Waals surface area contributed by atoms with E-state index in [-0.39, 0.29) is 24.3 Å². The van der Waals surface area contributed by atoms with Crippen LogP contribution in [0.1, 0.15) is 32.3 Å². The lowest BCUT2D eigenvalue weighted by atomic mass is 10.1. The second-order valence-electron chi connectivity index (χ2n) is 7.11. The topological polar surface area (TPSA) is 44.8 Å². The van der Waals surface area contributed by atoms with E-state index in [0.29, 0.717) is 0 Å². The van der Waals surface area contributed by atoms with Gasteiger partial charge in [-0.1, -0.05) is 30.3 Å². The molecule has 0 aromatic heterocycles. The number of carbonyl (C=O) groups excluding carboxylic acids is 1. The van der Waals surface area contributed by atoms with Gasteiger partial charge in [0.15, 0.2) is 0 Å². The first-order valence-corrected chi connectivity index (χ1v) is 9.09.